The Morgan fingerprint density at radius 1 is 1.33 bits per heavy atom. The van der Waals surface area contributed by atoms with Crippen molar-refractivity contribution in [1.29, 1.82) is 0 Å². The molecular weight excluding hydrogens is 294 g/mol. The van der Waals surface area contributed by atoms with Gasteiger partial charge in [-0.2, -0.15) is 0 Å². The standard InChI is InChI=1S/C14H19NO5S/c1-4-10-5-6-11(7-12(10)21(3,19)20)13(16)15-8-9(2)14(17)18/h5-7,9H,4,8H2,1-3H3,(H,15,16)(H,17,18). The highest BCUT2D eigenvalue weighted by molar-refractivity contribution is 7.90. The molecule has 1 aromatic rings. The number of aryl methyl sites for hydroxylation is 1. The number of carbonyl (C=O) groups excluding carboxylic acids is 1. The van der Waals surface area contributed by atoms with Crippen molar-refractivity contribution in [3.05, 3.63) is 29.3 Å². The molecule has 1 atom stereocenters. The molecule has 2 N–H and O–H groups in total. The fourth-order valence-corrected chi connectivity index (χ4v) is 2.80. The number of nitrogens with one attached hydrogen (secondary N) is 1. The van der Waals surface area contributed by atoms with Crippen molar-refractivity contribution in [3.63, 3.8) is 0 Å². The van der Waals surface area contributed by atoms with Crippen molar-refractivity contribution in [2.75, 3.05) is 12.8 Å². The molecule has 6 nitrogen and oxygen atoms in total. The number of benzene rings is 1. The predicted octanol–water partition coefficient (Wildman–Crippen LogP) is 1.10. The molecule has 0 saturated carbocycles. The lowest BCUT2D eigenvalue weighted by Crippen LogP contribution is -2.31. The van der Waals surface area contributed by atoms with Gasteiger partial charge in [-0.3, -0.25) is 9.59 Å². The number of carboxylic acids is 1. The Labute approximate surface area is 124 Å². The Kier molecular flexibility index (Phi) is 5.48. The molecule has 0 heterocycles. The van der Waals surface area contributed by atoms with Crippen LogP contribution in [0.1, 0.15) is 29.8 Å². The number of hydrogen-bond donors (Lipinski definition) is 2. The van der Waals surface area contributed by atoms with Gasteiger partial charge in [-0.15, -0.1) is 0 Å². The largest absolute Gasteiger partial charge is 0.481 e. The molecule has 21 heavy (non-hydrogen) atoms. The summed E-state index contributed by atoms with van der Waals surface area (Å²) in [5, 5.41) is 11.2. The van der Waals surface area contributed by atoms with Gasteiger partial charge in [0.05, 0.1) is 10.8 Å². The maximum atomic E-state index is 12.0. The van der Waals surface area contributed by atoms with Crippen LogP contribution in [0.2, 0.25) is 0 Å². The van der Waals surface area contributed by atoms with E-state index in [-0.39, 0.29) is 17.0 Å². The summed E-state index contributed by atoms with van der Waals surface area (Å²) in [5.74, 6) is -2.21. The van der Waals surface area contributed by atoms with Crippen LogP contribution in [0.25, 0.3) is 0 Å². The number of hydrogen-bond acceptors (Lipinski definition) is 4. The van der Waals surface area contributed by atoms with Crippen LogP contribution in [0, 0.1) is 5.92 Å². The molecule has 0 bridgehead atoms. The Hall–Kier alpha value is -1.89. The number of amides is 1. The average molecular weight is 313 g/mol. The van der Waals surface area contributed by atoms with Crippen LogP contribution >= 0.6 is 0 Å². The molecule has 0 aromatic heterocycles. The number of sulfone groups is 1. The molecule has 0 spiro atoms. The number of aliphatic carboxylic acids is 1. The fourth-order valence-electron chi connectivity index (χ4n) is 1.77. The molecule has 0 aliphatic carbocycles. The van der Waals surface area contributed by atoms with Crippen LogP contribution in [0.15, 0.2) is 23.1 Å². The van der Waals surface area contributed by atoms with E-state index in [2.05, 4.69) is 5.32 Å². The first kappa shape index (κ1) is 17.2. The Bertz CT molecular complexity index is 651. The fraction of sp³-hybridized carbons (Fsp3) is 0.429. The highest BCUT2D eigenvalue weighted by Gasteiger charge is 2.17. The van der Waals surface area contributed by atoms with Gasteiger partial charge >= 0.3 is 5.97 Å². The van der Waals surface area contributed by atoms with Crippen LogP contribution in [0.4, 0.5) is 0 Å². The number of carbonyl (C=O) groups is 2. The van der Waals surface area contributed by atoms with E-state index in [4.69, 9.17) is 5.11 Å². The second kappa shape index (κ2) is 6.71. The molecule has 0 aliphatic rings. The maximum absolute atomic E-state index is 12.0. The van der Waals surface area contributed by atoms with E-state index in [0.717, 1.165) is 6.26 Å². The zero-order valence-corrected chi connectivity index (χ0v) is 13.0. The normalized spacial score (nSPS) is 12.7. The smallest absolute Gasteiger partial charge is 0.308 e. The highest BCUT2D eigenvalue weighted by Crippen LogP contribution is 2.18. The van der Waals surface area contributed by atoms with Gasteiger partial charge < -0.3 is 10.4 Å². The van der Waals surface area contributed by atoms with Crippen LogP contribution in [-0.2, 0) is 21.1 Å². The Morgan fingerprint density at radius 3 is 2.43 bits per heavy atom. The molecule has 7 heteroatoms. The highest BCUT2D eigenvalue weighted by atomic mass is 32.2. The average Bonchev–Trinajstić information content (AvgIpc) is 2.42. The van der Waals surface area contributed by atoms with Gasteiger partial charge in [0.25, 0.3) is 5.91 Å². The molecular formula is C14H19NO5S. The third kappa shape index (κ3) is 4.56. The van der Waals surface area contributed by atoms with E-state index >= 15 is 0 Å². The van der Waals surface area contributed by atoms with Crippen molar-refractivity contribution in [3.8, 4) is 0 Å². The summed E-state index contributed by atoms with van der Waals surface area (Å²) in [6.45, 7) is 3.29. The topological polar surface area (TPSA) is 101 Å². The molecule has 0 radical (unpaired) electrons. The van der Waals surface area contributed by atoms with Crippen molar-refractivity contribution in [1.82, 2.24) is 5.32 Å². The first-order valence-electron chi connectivity index (χ1n) is 6.50. The predicted molar refractivity (Wildman–Crippen MR) is 78.1 cm³/mol. The molecule has 0 aliphatic heterocycles. The van der Waals surface area contributed by atoms with E-state index in [0.29, 0.717) is 12.0 Å². The minimum absolute atomic E-state index is 0.0160. The molecule has 0 fully saturated rings. The lowest BCUT2D eigenvalue weighted by atomic mass is 10.1. The van der Waals surface area contributed by atoms with Gasteiger partial charge in [0.1, 0.15) is 0 Å². The molecule has 0 saturated heterocycles. The van der Waals surface area contributed by atoms with E-state index < -0.39 is 27.6 Å². The van der Waals surface area contributed by atoms with Crippen LogP contribution in [0.5, 0.6) is 0 Å². The van der Waals surface area contributed by atoms with Crippen molar-refractivity contribution in [2.24, 2.45) is 5.92 Å². The summed E-state index contributed by atoms with van der Waals surface area (Å²) in [5.41, 5.74) is 0.846. The van der Waals surface area contributed by atoms with E-state index in [1.165, 1.54) is 19.1 Å². The Balaban J connectivity index is 2.99. The first-order chi connectivity index (χ1) is 9.66. The van der Waals surface area contributed by atoms with E-state index in [1.54, 1.807) is 6.07 Å². The molecule has 1 amide bonds. The summed E-state index contributed by atoms with van der Waals surface area (Å²) in [7, 11) is -3.42. The SMILES string of the molecule is CCc1ccc(C(=O)NCC(C)C(=O)O)cc1S(C)(=O)=O. The molecule has 1 aromatic carbocycles. The first-order valence-corrected chi connectivity index (χ1v) is 8.40. The van der Waals surface area contributed by atoms with Crippen molar-refractivity contribution >= 4 is 21.7 Å². The quantitative estimate of drug-likeness (QED) is 0.819. The minimum atomic E-state index is -3.42. The molecule has 116 valence electrons. The zero-order chi connectivity index (χ0) is 16.2. The van der Waals surface area contributed by atoms with Gasteiger partial charge in [0, 0.05) is 18.4 Å². The number of carboxylic acid groups (broad SMARTS) is 1. The summed E-state index contributed by atoms with van der Waals surface area (Å²) < 4.78 is 23.5. The van der Waals surface area contributed by atoms with Gasteiger partial charge in [-0.05, 0) is 24.1 Å². The minimum Gasteiger partial charge on any atom is -0.481 e. The second-order valence-corrected chi connectivity index (χ2v) is 6.88. The summed E-state index contributed by atoms with van der Waals surface area (Å²) in [4.78, 5) is 22.8. The third-order valence-corrected chi connectivity index (χ3v) is 4.28. The van der Waals surface area contributed by atoms with Crippen molar-refractivity contribution in [2.45, 2.75) is 25.2 Å². The monoisotopic (exact) mass is 313 g/mol. The zero-order valence-electron chi connectivity index (χ0n) is 12.2. The van der Waals surface area contributed by atoms with Gasteiger partial charge in [0.15, 0.2) is 9.84 Å². The van der Waals surface area contributed by atoms with E-state index in [9.17, 15) is 18.0 Å². The lowest BCUT2D eigenvalue weighted by molar-refractivity contribution is -0.140. The third-order valence-electron chi connectivity index (χ3n) is 3.10. The molecule has 1 rings (SSSR count). The second-order valence-electron chi connectivity index (χ2n) is 4.90. The summed E-state index contributed by atoms with van der Waals surface area (Å²) in [6.07, 6.45) is 1.63. The van der Waals surface area contributed by atoms with Gasteiger partial charge in [0.2, 0.25) is 0 Å². The van der Waals surface area contributed by atoms with Gasteiger partial charge in [-0.1, -0.05) is 19.9 Å². The summed E-state index contributed by atoms with van der Waals surface area (Å²) in [6, 6.07) is 4.47. The van der Waals surface area contributed by atoms with Crippen LogP contribution in [0.3, 0.4) is 0 Å². The van der Waals surface area contributed by atoms with Crippen molar-refractivity contribution < 1.29 is 23.1 Å². The summed E-state index contributed by atoms with van der Waals surface area (Å²) >= 11 is 0. The van der Waals surface area contributed by atoms with Crippen LogP contribution < -0.4 is 5.32 Å². The lowest BCUT2D eigenvalue weighted by Gasteiger charge is -2.11. The van der Waals surface area contributed by atoms with Crippen LogP contribution in [-0.4, -0.2) is 38.2 Å². The Morgan fingerprint density at radius 2 is 1.95 bits per heavy atom. The number of rotatable bonds is 6. The van der Waals surface area contributed by atoms with Gasteiger partial charge in [-0.25, -0.2) is 8.42 Å². The maximum Gasteiger partial charge on any atom is 0.308 e. The molecule has 1 unspecified atom stereocenters. The van der Waals surface area contributed by atoms with E-state index in [1.807, 2.05) is 6.92 Å².